The van der Waals surface area contributed by atoms with E-state index in [9.17, 15) is 9.59 Å². The monoisotopic (exact) mass is 348 g/mol. The second-order valence-corrected chi connectivity index (χ2v) is 8.07. The maximum atomic E-state index is 12.5. The van der Waals surface area contributed by atoms with E-state index >= 15 is 0 Å². The molecule has 4 heteroatoms. The zero-order chi connectivity index (χ0) is 17.4. The molecule has 0 amide bonds. The summed E-state index contributed by atoms with van der Waals surface area (Å²) in [6, 6.07) is 10.4. The number of hydrogen-bond acceptors (Lipinski definition) is 4. The molecule has 0 heterocycles. The summed E-state index contributed by atoms with van der Waals surface area (Å²) in [5.41, 5.74) is -0.205. The highest BCUT2D eigenvalue weighted by Crippen LogP contribution is 2.48. The van der Waals surface area contributed by atoms with Gasteiger partial charge in [0, 0.05) is 28.4 Å². The Balaban J connectivity index is 1.79. The van der Waals surface area contributed by atoms with Crippen LogP contribution >= 0.6 is 11.8 Å². The number of benzene rings is 1. The summed E-state index contributed by atoms with van der Waals surface area (Å²) in [6.07, 6.45) is 7.17. The lowest BCUT2D eigenvalue weighted by Gasteiger charge is -2.29. The summed E-state index contributed by atoms with van der Waals surface area (Å²) in [6.45, 7) is 2.15. The molecule has 0 saturated heterocycles. The zero-order valence-corrected chi connectivity index (χ0v) is 15.6. The maximum absolute atomic E-state index is 12.5. The van der Waals surface area contributed by atoms with Gasteiger partial charge in [-0.1, -0.05) is 44.4 Å². The third-order valence-corrected chi connectivity index (χ3v) is 6.64. The minimum atomic E-state index is -0.205. The van der Waals surface area contributed by atoms with Gasteiger partial charge in [0.15, 0.2) is 0 Å². The minimum Gasteiger partial charge on any atom is -0.469 e. The van der Waals surface area contributed by atoms with Gasteiger partial charge in [-0.05, 0) is 31.4 Å². The quantitative estimate of drug-likeness (QED) is 0.464. The molecule has 132 valence electrons. The summed E-state index contributed by atoms with van der Waals surface area (Å²) < 4.78 is 4.65. The van der Waals surface area contributed by atoms with Crippen LogP contribution in [0, 0.1) is 5.41 Å². The van der Waals surface area contributed by atoms with Crippen molar-refractivity contribution in [3.8, 4) is 0 Å². The van der Waals surface area contributed by atoms with Gasteiger partial charge in [-0.15, -0.1) is 11.8 Å². The number of esters is 1. The molecule has 2 unspecified atom stereocenters. The molecular weight excluding hydrogens is 320 g/mol. The van der Waals surface area contributed by atoms with Crippen LogP contribution in [0.1, 0.15) is 58.3 Å². The Morgan fingerprint density at radius 1 is 1.21 bits per heavy atom. The lowest BCUT2D eigenvalue weighted by Crippen LogP contribution is -2.30. The molecule has 1 aliphatic carbocycles. The van der Waals surface area contributed by atoms with Crippen LogP contribution < -0.4 is 0 Å². The average molecular weight is 349 g/mol. The van der Waals surface area contributed by atoms with Crippen molar-refractivity contribution in [3.63, 3.8) is 0 Å². The van der Waals surface area contributed by atoms with Crippen LogP contribution in [0.4, 0.5) is 0 Å². The second-order valence-electron chi connectivity index (χ2n) is 6.79. The Kier molecular flexibility index (Phi) is 7.35. The van der Waals surface area contributed by atoms with Crippen LogP contribution in [0.2, 0.25) is 0 Å². The van der Waals surface area contributed by atoms with Gasteiger partial charge in [0.1, 0.15) is 5.78 Å². The fourth-order valence-electron chi connectivity index (χ4n) is 3.42. The van der Waals surface area contributed by atoms with Crippen LogP contribution in [-0.4, -0.2) is 24.1 Å². The van der Waals surface area contributed by atoms with Crippen molar-refractivity contribution >= 4 is 23.5 Å². The number of carbonyl (C=O) groups excluding carboxylic acids is 2. The summed E-state index contributed by atoms with van der Waals surface area (Å²) in [4.78, 5) is 24.8. The number of ether oxygens (including phenoxy) is 1. The Labute approximate surface area is 149 Å². The number of rotatable bonds is 9. The van der Waals surface area contributed by atoms with E-state index in [1.54, 1.807) is 0 Å². The fraction of sp³-hybridized carbons (Fsp3) is 0.600. The van der Waals surface area contributed by atoms with E-state index in [1.807, 2.05) is 17.8 Å². The summed E-state index contributed by atoms with van der Waals surface area (Å²) in [5, 5.41) is 0.377. The van der Waals surface area contributed by atoms with E-state index in [-0.39, 0.29) is 11.4 Å². The van der Waals surface area contributed by atoms with Crippen LogP contribution in [0.5, 0.6) is 0 Å². The van der Waals surface area contributed by atoms with E-state index in [4.69, 9.17) is 0 Å². The van der Waals surface area contributed by atoms with Gasteiger partial charge in [-0.25, -0.2) is 0 Å². The lowest BCUT2D eigenvalue weighted by molar-refractivity contribution is -0.140. The molecule has 2 atom stereocenters. The van der Waals surface area contributed by atoms with E-state index in [0.717, 1.165) is 38.5 Å². The maximum Gasteiger partial charge on any atom is 0.305 e. The largest absolute Gasteiger partial charge is 0.469 e. The van der Waals surface area contributed by atoms with Crippen LogP contribution in [-0.2, 0) is 14.3 Å². The molecule has 3 nitrogen and oxygen atoms in total. The lowest BCUT2D eigenvalue weighted by atomic mass is 9.82. The first-order valence-electron chi connectivity index (χ1n) is 8.88. The van der Waals surface area contributed by atoms with Crippen LogP contribution in [0.15, 0.2) is 35.2 Å². The number of thioether (sulfide) groups is 1. The number of unbranched alkanes of at least 4 members (excludes halogenated alkanes) is 3. The van der Waals surface area contributed by atoms with Gasteiger partial charge < -0.3 is 4.74 Å². The molecule has 1 fully saturated rings. The van der Waals surface area contributed by atoms with E-state index < -0.39 is 0 Å². The number of carbonyl (C=O) groups is 2. The van der Waals surface area contributed by atoms with Crippen molar-refractivity contribution in [1.29, 1.82) is 0 Å². The van der Waals surface area contributed by atoms with Gasteiger partial charge in [-0.3, -0.25) is 9.59 Å². The zero-order valence-electron chi connectivity index (χ0n) is 14.8. The molecule has 1 saturated carbocycles. The molecular formula is C20H28O3S. The average Bonchev–Trinajstić information content (AvgIpc) is 2.87. The highest BCUT2D eigenvalue weighted by molar-refractivity contribution is 8.00. The SMILES string of the molecule is COC(=O)CCCCCCC1(C)C(=O)CCC1Sc1ccccc1. The summed E-state index contributed by atoms with van der Waals surface area (Å²) in [7, 11) is 1.43. The number of hydrogen-bond donors (Lipinski definition) is 0. The molecule has 1 aliphatic rings. The molecule has 0 radical (unpaired) electrons. The van der Waals surface area contributed by atoms with Gasteiger partial charge in [-0.2, -0.15) is 0 Å². The van der Waals surface area contributed by atoms with Crippen molar-refractivity contribution in [2.45, 2.75) is 68.4 Å². The van der Waals surface area contributed by atoms with Crippen molar-refractivity contribution in [2.75, 3.05) is 7.11 Å². The molecule has 0 bridgehead atoms. The third kappa shape index (κ3) is 5.10. The first-order valence-corrected chi connectivity index (χ1v) is 9.76. The molecule has 24 heavy (non-hydrogen) atoms. The van der Waals surface area contributed by atoms with Gasteiger partial charge in [0.05, 0.1) is 7.11 Å². The summed E-state index contributed by atoms with van der Waals surface area (Å²) >= 11 is 1.86. The predicted molar refractivity (Wildman–Crippen MR) is 98.2 cm³/mol. The number of Topliss-reactive ketones (excluding diaryl/α,β-unsaturated/α-hetero) is 1. The predicted octanol–water partition coefficient (Wildman–Crippen LogP) is 5.03. The number of ketones is 1. The molecule has 0 N–H and O–H groups in total. The highest BCUT2D eigenvalue weighted by Gasteiger charge is 2.45. The normalized spacial score (nSPS) is 23.4. The number of methoxy groups -OCH3 is 1. The first kappa shape index (κ1) is 19.0. The summed E-state index contributed by atoms with van der Waals surface area (Å²) in [5.74, 6) is 0.290. The smallest absolute Gasteiger partial charge is 0.305 e. The Bertz CT molecular complexity index is 543. The topological polar surface area (TPSA) is 43.4 Å². The Hall–Kier alpha value is -1.29. The third-order valence-electron chi connectivity index (χ3n) is 5.06. The fourth-order valence-corrected chi connectivity index (χ4v) is 4.80. The highest BCUT2D eigenvalue weighted by atomic mass is 32.2. The van der Waals surface area contributed by atoms with Crippen molar-refractivity contribution in [2.24, 2.45) is 5.41 Å². The van der Waals surface area contributed by atoms with E-state index in [2.05, 4.69) is 35.9 Å². The molecule has 1 aromatic carbocycles. The Morgan fingerprint density at radius 3 is 2.62 bits per heavy atom. The van der Waals surface area contributed by atoms with Crippen LogP contribution in [0.25, 0.3) is 0 Å². The molecule has 0 spiro atoms. The second kappa shape index (κ2) is 9.26. The van der Waals surface area contributed by atoms with Gasteiger partial charge in [0.25, 0.3) is 0 Å². The van der Waals surface area contributed by atoms with E-state index in [1.165, 1.54) is 12.0 Å². The van der Waals surface area contributed by atoms with Crippen molar-refractivity contribution < 1.29 is 14.3 Å². The van der Waals surface area contributed by atoms with Gasteiger partial charge >= 0.3 is 5.97 Å². The first-order chi connectivity index (χ1) is 11.6. The van der Waals surface area contributed by atoms with Crippen LogP contribution in [0.3, 0.4) is 0 Å². The molecule has 0 aromatic heterocycles. The standard InChI is InChI=1S/C20H28O3S/c1-20(15-9-4-3-8-12-19(22)23-2)17(21)13-14-18(20)24-16-10-6-5-7-11-16/h5-7,10-11,18H,3-4,8-9,12-15H2,1-2H3. The Morgan fingerprint density at radius 2 is 1.92 bits per heavy atom. The molecule has 0 aliphatic heterocycles. The molecule has 1 aromatic rings. The van der Waals surface area contributed by atoms with E-state index in [0.29, 0.717) is 23.9 Å². The molecule has 2 rings (SSSR count). The van der Waals surface area contributed by atoms with Crippen molar-refractivity contribution in [1.82, 2.24) is 0 Å². The minimum absolute atomic E-state index is 0.132. The van der Waals surface area contributed by atoms with Crippen molar-refractivity contribution in [3.05, 3.63) is 30.3 Å². The van der Waals surface area contributed by atoms with Gasteiger partial charge in [0.2, 0.25) is 0 Å².